The van der Waals surface area contributed by atoms with Crippen molar-refractivity contribution >= 4 is 34.8 Å². The molecule has 1 spiro atoms. The van der Waals surface area contributed by atoms with Crippen molar-refractivity contribution in [3.63, 3.8) is 0 Å². The quantitative estimate of drug-likeness (QED) is 0.578. The van der Waals surface area contributed by atoms with E-state index in [0.29, 0.717) is 34.5 Å². The summed E-state index contributed by atoms with van der Waals surface area (Å²) in [6, 6.07) is 8.82. The second-order valence-electron chi connectivity index (χ2n) is 9.22. The number of ether oxygens (including phenoxy) is 2. The van der Waals surface area contributed by atoms with Crippen LogP contribution in [0.5, 0.6) is 11.5 Å². The third-order valence-electron chi connectivity index (χ3n) is 6.53. The highest BCUT2D eigenvalue weighted by Crippen LogP contribution is 2.50. The molecule has 8 heteroatoms. The Morgan fingerprint density at radius 2 is 2.00 bits per heavy atom. The Balaban J connectivity index is 1.77. The molecule has 176 valence electrons. The average Bonchev–Trinajstić information content (AvgIpc) is 3.27. The summed E-state index contributed by atoms with van der Waals surface area (Å²) < 4.78 is 10.7. The van der Waals surface area contributed by atoms with Crippen molar-refractivity contribution < 1.29 is 19.1 Å². The van der Waals surface area contributed by atoms with Crippen LogP contribution in [-0.2, 0) is 15.1 Å². The number of fused-ring (bicyclic) bond motifs is 2. The minimum atomic E-state index is -1.19. The van der Waals surface area contributed by atoms with E-state index >= 15 is 0 Å². The minimum Gasteiger partial charge on any atom is -0.497 e. The molecule has 0 aromatic heterocycles. The molecule has 2 aliphatic rings. The largest absolute Gasteiger partial charge is 0.497 e. The molecule has 4 rings (SSSR count). The standard InChI is InChI=1S/C25H30ClN3O4/c1-13(2)8-16-11-19(23(30)27-20-12-17(32-4)6-7-21(20)33-5)25(29-16)18-10-15(26)9-14(3)22(18)28-24(25)31/h6-7,9-10,12-13,16,19,29H,8,11H2,1-5H3,(H,27,30)(H,28,31)/t16-,19+,25+/m1/s1. The Hall–Kier alpha value is -2.77. The zero-order chi connectivity index (χ0) is 23.9. The van der Waals surface area contributed by atoms with Gasteiger partial charge in [-0.2, -0.15) is 0 Å². The first-order chi connectivity index (χ1) is 15.7. The summed E-state index contributed by atoms with van der Waals surface area (Å²) in [7, 11) is 3.10. The summed E-state index contributed by atoms with van der Waals surface area (Å²) in [5.41, 5.74) is 1.61. The molecule has 33 heavy (non-hydrogen) atoms. The van der Waals surface area contributed by atoms with Crippen LogP contribution in [0.1, 0.15) is 37.8 Å². The van der Waals surface area contributed by atoms with Crippen LogP contribution in [0.15, 0.2) is 30.3 Å². The van der Waals surface area contributed by atoms with Crippen molar-refractivity contribution in [2.75, 3.05) is 24.9 Å². The van der Waals surface area contributed by atoms with Gasteiger partial charge in [0.15, 0.2) is 0 Å². The second kappa shape index (κ2) is 8.88. The summed E-state index contributed by atoms with van der Waals surface area (Å²) in [5.74, 6) is 0.376. The topological polar surface area (TPSA) is 88.7 Å². The number of hydrogen-bond acceptors (Lipinski definition) is 5. The predicted molar refractivity (Wildman–Crippen MR) is 129 cm³/mol. The van der Waals surface area contributed by atoms with Gasteiger partial charge in [0.2, 0.25) is 11.8 Å². The number of hydrogen-bond donors (Lipinski definition) is 3. The van der Waals surface area contributed by atoms with Gasteiger partial charge < -0.3 is 20.1 Å². The Morgan fingerprint density at radius 1 is 1.24 bits per heavy atom. The highest BCUT2D eigenvalue weighted by atomic mass is 35.5. The second-order valence-corrected chi connectivity index (χ2v) is 9.66. The molecule has 0 radical (unpaired) electrons. The van der Waals surface area contributed by atoms with Gasteiger partial charge >= 0.3 is 0 Å². The fraction of sp³-hybridized carbons (Fsp3) is 0.440. The van der Waals surface area contributed by atoms with Crippen LogP contribution in [0.3, 0.4) is 0 Å². The maximum absolute atomic E-state index is 13.7. The summed E-state index contributed by atoms with van der Waals surface area (Å²) >= 11 is 6.39. The van der Waals surface area contributed by atoms with Gasteiger partial charge in [-0.25, -0.2) is 0 Å². The van der Waals surface area contributed by atoms with Crippen molar-refractivity contribution in [2.45, 2.75) is 45.2 Å². The van der Waals surface area contributed by atoms with Gasteiger partial charge in [0, 0.05) is 28.4 Å². The lowest BCUT2D eigenvalue weighted by atomic mass is 9.79. The zero-order valence-corrected chi connectivity index (χ0v) is 20.3. The van der Waals surface area contributed by atoms with Crippen LogP contribution in [-0.4, -0.2) is 32.1 Å². The Kier molecular flexibility index (Phi) is 6.29. The number of amides is 2. The molecule has 0 bridgehead atoms. The van der Waals surface area contributed by atoms with Crippen molar-refractivity contribution in [1.29, 1.82) is 0 Å². The highest BCUT2D eigenvalue weighted by Gasteiger charge is 2.60. The number of nitrogens with one attached hydrogen (secondary N) is 3. The number of carbonyl (C=O) groups excluding carboxylic acids is 2. The lowest BCUT2D eigenvalue weighted by molar-refractivity contribution is -0.130. The number of methoxy groups -OCH3 is 2. The zero-order valence-electron chi connectivity index (χ0n) is 19.5. The van der Waals surface area contributed by atoms with Crippen molar-refractivity contribution in [3.8, 4) is 11.5 Å². The van der Waals surface area contributed by atoms with Gasteiger partial charge in [-0.1, -0.05) is 25.4 Å². The number of benzene rings is 2. The molecular weight excluding hydrogens is 442 g/mol. The molecule has 2 amide bonds. The van der Waals surface area contributed by atoms with Crippen molar-refractivity contribution in [2.24, 2.45) is 11.8 Å². The van der Waals surface area contributed by atoms with Gasteiger partial charge in [0.05, 0.1) is 25.8 Å². The number of anilines is 2. The number of halogens is 1. The predicted octanol–water partition coefficient (Wildman–Crippen LogP) is 4.48. The molecule has 0 unspecified atom stereocenters. The highest BCUT2D eigenvalue weighted by molar-refractivity contribution is 6.31. The Labute approximate surface area is 199 Å². The third kappa shape index (κ3) is 4.04. The fourth-order valence-corrected chi connectivity index (χ4v) is 5.42. The molecule has 0 aliphatic carbocycles. The van der Waals surface area contributed by atoms with Gasteiger partial charge in [-0.3, -0.25) is 14.9 Å². The van der Waals surface area contributed by atoms with Gasteiger partial charge in [0.1, 0.15) is 17.0 Å². The van der Waals surface area contributed by atoms with Crippen LogP contribution in [0, 0.1) is 18.8 Å². The van der Waals surface area contributed by atoms with Crippen LogP contribution in [0.25, 0.3) is 0 Å². The van der Waals surface area contributed by atoms with Gasteiger partial charge in [-0.15, -0.1) is 0 Å². The molecule has 1 saturated heterocycles. The SMILES string of the molecule is COc1ccc(OC)c(NC(=O)[C@@H]2C[C@@H](CC(C)C)N[C@]23C(=O)Nc2c(C)cc(Cl)cc23)c1. The molecule has 2 aliphatic heterocycles. The van der Waals surface area contributed by atoms with E-state index in [1.807, 2.05) is 13.0 Å². The maximum atomic E-state index is 13.7. The number of carbonyl (C=O) groups is 2. The molecule has 1 fully saturated rings. The normalized spacial score (nSPS) is 23.5. The van der Waals surface area contributed by atoms with Gasteiger partial charge in [0.25, 0.3) is 0 Å². The summed E-state index contributed by atoms with van der Waals surface area (Å²) in [4.78, 5) is 27.2. The maximum Gasteiger partial charge on any atom is 0.250 e. The van der Waals surface area contributed by atoms with E-state index in [2.05, 4.69) is 29.8 Å². The van der Waals surface area contributed by atoms with E-state index in [0.717, 1.165) is 23.2 Å². The molecule has 2 aromatic rings. The monoisotopic (exact) mass is 471 g/mol. The van der Waals surface area contributed by atoms with E-state index in [1.165, 1.54) is 0 Å². The Morgan fingerprint density at radius 3 is 2.67 bits per heavy atom. The summed E-state index contributed by atoms with van der Waals surface area (Å²) in [6.07, 6.45) is 1.37. The molecule has 3 N–H and O–H groups in total. The number of rotatable bonds is 6. The summed E-state index contributed by atoms with van der Waals surface area (Å²) in [5, 5.41) is 10.1. The van der Waals surface area contributed by atoms with Gasteiger partial charge in [-0.05, 0) is 55.5 Å². The first-order valence-electron chi connectivity index (χ1n) is 11.1. The summed E-state index contributed by atoms with van der Waals surface area (Å²) in [6.45, 7) is 6.17. The van der Waals surface area contributed by atoms with Crippen LogP contribution in [0.4, 0.5) is 11.4 Å². The minimum absolute atomic E-state index is 0.00365. The Bertz CT molecular complexity index is 1100. The first-order valence-corrected chi connectivity index (χ1v) is 11.5. The van der Waals surface area contributed by atoms with Crippen LogP contribution < -0.4 is 25.4 Å². The van der Waals surface area contributed by atoms with E-state index in [1.54, 1.807) is 38.5 Å². The van der Waals surface area contributed by atoms with Crippen LogP contribution in [0.2, 0.25) is 5.02 Å². The lowest BCUT2D eigenvalue weighted by Crippen LogP contribution is -2.52. The average molecular weight is 472 g/mol. The third-order valence-corrected chi connectivity index (χ3v) is 6.75. The number of aryl methyl sites for hydroxylation is 1. The van der Waals surface area contributed by atoms with Crippen molar-refractivity contribution in [3.05, 3.63) is 46.5 Å². The smallest absolute Gasteiger partial charge is 0.250 e. The fourth-order valence-electron chi connectivity index (χ4n) is 5.15. The molecule has 7 nitrogen and oxygen atoms in total. The van der Waals surface area contributed by atoms with E-state index in [-0.39, 0.29) is 17.9 Å². The van der Waals surface area contributed by atoms with Crippen LogP contribution >= 0.6 is 11.6 Å². The molecule has 2 aromatic carbocycles. The van der Waals surface area contributed by atoms with E-state index in [9.17, 15) is 9.59 Å². The van der Waals surface area contributed by atoms with E-state index in [4.69, 9.17) is 21.1 Å². The van der Waals surface area contributed by atoms with Crippen molar-refractivity contribution in [1.82, 2.24) is 5.32 Å². The molecule has 3 atom stereocenters. The molecule has 2 heterocycles. The molecule has 0 saturated carbocycles. The van der Waals surface area contributed by atoms with E-state index < -0.39 is 11.5 Å². The lowest BCUT2D eigenvalue weighted by Gasteiger charge is -2.29. The first kappa shape index (κ1) is 23.4. The molecular formula is C25H30ClN3O4.